The normalized spacial score (nSPS) is 17.1. The molecule has 1 unspecified atom stereocenters. The van der Waals surface area contributed by atoms with Gasteiger partial charge in [0.1, 0.15) is 5.25 Å². The van der Waals surface area contributed by atoms with E-state index >= 15 is 0 Å². The van der Waals surface area contributed by atoms with Gasteiger partial charge in [0.05, 0.1) is 16.4 Å². The van der Waals surface area contributed by atoms with Crippen LogP contribution >= 0.6 is 46.6 Å². The highest BCUT2D eigenvalue weighted by atomic mass is 35.5. The molecule has 0 saturated carbocycles. The molecule has 1 fully saturated rings. The van der Waals surface area contributed by atoms with Gasteiger partial charge in [-0.2, -0.15) is 0 Å². The van der Waals surface area contributed by atoms with Gasteiger partial charge in [-0.15, -0.1) is 0 Å². The van der Waals surface area contributed by atoms with Crippen molar-refractivity contribution < 1.29 is 9.59 Å². The standard InChI is InChI=1S/C25H20Cl3N3O2S/c26-17-7-5-16(6-8-17)13-14-31-23(32)15-22(24(33)30-21-4-2-1-3-20(21)28)34-25(31)29-19-11-9-18(27)10-12-19/h1-12,22H,13-15H2,(H,30,33). The second kappa shape index (κ2) is 11.3. The van der Waals surface area contributed by atoms with Gasteiger partial charge in [0.15, 0.2) is 5.17 Å². The molecule has 1 saturated heterocycles. The Morgan fingerprint density at radius 3 is 2.29 bits per heavy atom. The number of thioether (sulfide) groups is 1. The molecule has 3 aromatic carbocycles. The van der Waals surface area contributed by atoms with Crippen LogP contribution in [0.1, 0.15) is 12.0 Å². The van der Waals surface area contributed by atoms with Gasteiger partial charge in [0.25, 0.3) is 0 Å². The summed E-state index contributed by atoms with van der Waals surface area (Å²) in [6, 6.07) is 21.5. The molecule has 0 spiro atoms. The van der Waals surface area contributed by atoms with E-state index in [9.17, 15) is 9.59 Å². The third kappa shape index (κ3) is 6.33. The molecule has 0 aliphatic carbocycles. The quantitative estimate of drug-likeness (QED) is 0.378. The second-order valence-electron chi connectivity index (χ2n) is 7.57. The summed E-state index contributed by atoms with van der Waals surface area (Å²) < 4.78 is 0. The van der Waals surface area contributed by atoms with E-state index in [0.29, 0.717) is 44.6 Å². The maximum absolute atomic E-state index is 13.1. The zero-order valence-corrected chi connectivity index (χ0v) is 21.0. The van der Waals surface area contributed by atoms with Crippen molar-refractivity contribution in [2.45, 2.75) is 18.1 Å². The number of amides is 2. The summed E-state index contributed by atoms with van der Waals surface area (Å²) in [7, 11) is 0. The van der Waals surface area contributed by atoms with E-state index < -0.39 is 5.25 Å². The summed E-state index contributed by atoms with van der Waals surface area (Å²) in [4.78, 5) is 32.4. The molecule has 0 radical (unpaired) electrons. The molecule has 174 valence electrons. The van der Waals surface area contributed by atoms with Crippen LogP contribution in [0.2, 0.25) is 15.1 Å². The average Bonchev–Trinajstić information content (AvgIpc) is 2.82. The number of carbonyl (C=O) groups excluding carboxylic acids is 2. The highest BCUT2D eigenvalue weighted by Gasteiger charge is 2.36. The predicted molar refractivity (Wildman–Crippen MR) is 141 cm³/mol. The van der Waals surface area contributed by atoms with Gasteiger partial charge in [0.2, 0.25) is 11.8 Å². The summed E-state index contributed by atoms with van der Waals surface area (Å²) in [6.07, 6.45) is 0.681. The van der Waals surface area contributed by atoms with Crippen molar-refractivity contribution in [1.29, 1.82) is 0 Å². The van der Waals surface area contributed by atoms with Crippen molar-refractivity contribution >= 4 is 74.9 Å². The summed E-state index contributed by atoms with van der Waals surface area (Å²) >= 11 is 19.4. The van der Waals surface area contributed by atoms with Gasteiger partial charge in [-0.25, -0.2) is 4.99 Å². The molecule has 1 aliphatic rings. The molecular weight excluding hydrogens is 513 g/mol. The Balaban J connectivity index is 1.55. The lowest BCUT2D eigenvalue weighted by Gasteiger charge is -2.32. The molecule has 1 N–H and O–H groups in total. The molecule has 1 aliphatic heterocycles. The molecule has 9 heteroatoms. The van der Waals surface area contributed by atoms with E-state index in [1.807, 2.05) is 24.3 Å². The SMILES string of the molecule is O=C(Nc1ccccc1Cl)C1CC(=O)N(CCc2ccc(Cl)cc2)C(=Nc2ccc(Cl)cc2)S1. The van der Waals surface area contributed by atoms with Crippen LogP contribution in [-0.4, -0.2) is 33.7 Å². The van der Waals surface area contributed by atoms with Crippen LogP contribution in [0, 0.1) is 0 Å². The predicted octanol–water partition coefficient (Wildman–Crippen LogP) is 6.85. The van der Waals surface area contributed by atoms with Crippen LogP contribution in [0.25, 0.3) is 0 Å². The minimum atomic E-state index is -0.637. The summed E-state index contributed by atoms with van der Waals surface area (Å²) in [5.41, 5.74) is 2.19. The molecule has 1 heterocycles. The molecule has 1 atom stereocenters. The van der Waals surface area contributed by atoms with E-state index in [1.54, 1.807) is 53.4 Å². The zero-order chi connectivity index (χ0) is 24.1. The number of para-hydroxylation sites is 1. The number of carbonyl (C=O) groups is 2. The van der Waals surface area contributed by atoms with Gasteiger partial charge in [-0.1, -0.05) is 70.8 Å². The second-order valence-corrected chi connectivity index (χ2v) is 10.0. The van der Waals surface area contributed by atoms with E-state index in [-0.39, 0.29) is 18.2 Å². The highest BCUT2D eigenvalue weighted by Crippen LogP contribution is 2.31. The number of aliphatic imine (C=N–C) groups is 1. The molecule has 34 heavy (non-hydrogen) atoms. The van der Waals surface area contributed by atoms with E-state index in [1.165, 1.54) is 11.8 Å². The minimum Gasteiger partial charge on any atom is -0.324 e. The van der Waals surface area contributed by atoms with Crippen molar-refractivity contribution in [3.05, 3.63) is 93.4 Å². The number of amidine groups is 1. The fraction of sp³-hybridized carbons (Fsp3) is 0.160. The number of nitrogens with one attached hydrogen (secondary N) is 1. The van der Waals surface area contributed by atoms with Crippen molar-refractivity contribution in [3.8, 4) is 0 Å². The number of nitrogens with zero attached hydrogens (tertiary/aromatic N) is 2. The fourth-order valence-corrected chi connectivity index (χ4v) is 4.91. The van der Waals surface area contributed by atoms with Crippen LogP contribution in [0.5, 0.6) is 0 Å². The van der Waals surface area contributed by atoms with Crippen LogP contribution < -0.4 is 5.32 Å². The van der Waals surface area contributed by atoms with Crippen molar-refractivity contribution in [2.75, 3.05) is 11.9 Å². The molecule has 4 rings (SSSR count). The monoisotopic (exact) mass is 531 g/mol. The third-order valence-corrected chi connectivity index (χ3v) is 7.17. The van der Waals surface area contributed by atoms with Crippen LogP contribution in [0.15, 0.2) is 77.8 Å². The van der Waals surface area contributed by atoms with Gasteiger partial charge in [0, 0.05) is 23.0 Å². The Morgan fingerprint density at radius 1 is 0.971 bits per heavy atom. The van der Waals surface area contributed by atoms with Gasteiger partial charge in [-0.3, -0.25) is 14.5 Å². The lowest BCUT2D eigenvalue weighted by Crippen LogP contribution is -2.46. The highest BCUT2D eigenvalue weighted by molar-refractivity contribution is 8.15. The van der Waals surface area contributed by atoms with Gasteiger partial charge < -0.3 is 5.32 Å². The average molecular weight is 533 g/mol. The molecule has 5 nitrogen and oxygen atoms in total. The molecular formula is C25H20Cl3N3O2S. The van der Waals surface area contributed by atoms with Gasteiger partial charge >= 0.3 is 0 Å². The van der Waals surface area contributed by atoms with Gasteiger partial charge in [-0.05, 0) is 60.5 Å². The smallest absolute Gasteiger partial charge is 0.238 e. The van der Waals surface area contributed by atoms with Crippen LogP contribution in [-0.2, 0) is 16.0 Å². The first-order chi connectivity index (χ1) is 16.4. The Bertz CT molecular complexity index is 1220. The fourth-order valence-electron chi connectivity index (χ4n) is 3.36. The first-order valence-electron chi connectivity index (χ1n) is 10.5. The number of halogens is 3. The maximum Gasteiger partial charge on any atom is 0.238 e. The number of rotatable bonds is 6. The lowest BCUT2D eigenvalue weighted by molar-refractivity contribution is -0.129. The Morgan fingerprint density at radius 2 is 1.62 bits per heavy atom. The Kier molecular flexibility index (Phi) is 8.16. The molecule has 2 amide bonds. The molecule has 3 aromatic rings. The summed E-state index contributed by atoms with van der Waals surface area (Å²) in [5, 5.41) is 4.33. The zero-order valence-electron chi connectivity index (χ0n) is 17.9. The van der Waals surface area contributed by atoms with E-state index in [2.05, 4.69) is 10.3 Å². The maximum atomic E-state index is 13.1. The number of anilines is 1. The Hall–Kier alpha value is -2.51. The third-order valence-electron chi connectivity index (χ3n) is 5.15. The summed E-state index contributed by atoms with van der Waals surface area (Å²) in [5.74, 6) is -0.465. The summed E-state index contributed by atoms with van der Waals surface area (Å²) in [6.45, 7) is 0.429. The lowest BCUT2D eigenvalue weighted by atomic mass is 10.1. The van der Waals surface area contributed by atoms with Crippen molar-refractivity contribution in [2.24, 2.45) is 4.99 Å². The van der Waals surface area contributed by atoms with Crippen molar-refractivity contribution in [3.63, 3.8) is 0 Å². The number of benzene rings is 3. The van der Waals surface area contributed by atoms with E-state index in [4.69, 9.17) is 34.8 Å². The minimum absolute atomic E-state index is 0.0568. The topological polar surface area (TPSA) is 61.8 Å². The van der Waals surface area contributed by atoms with Crippen LogP contribution in [0.3, 0.4) is 0 Å². The molecule has 0 bridgehead atoms. The first kappa shape index (κ1) is 24.6. The first-order valence-corrected chi connectivity index (χ1v) is 12.5. The van der Waals surface area contributed by atoms with E-state index in [0.717, 1.165) is 5.56 Å². The number of hydrogen-bond donors (Lipinski definition) is 1. The largest absolute Gasteiger partial charge is 0.324 e. The number of hydrogen-bond acceptors (Lipinski definition) is 4. The van der Waals surface area contributed by atoms with Crippen LogP contribution in [0.4, 0.5) is 11.4 Å². The Labute approximate surface area is 217 Å². The van der Waals surface area contributed by atoms with Crippen molar-refractivity contribution in [1.82, 2.24) is 4.90 Å². The molecule has 0 aromatic heterocycles.